The van der Waals surface area contributed by atoms with Crippen LogP contribution in [0.25, 0.3) is 0 Å². The SMILES string of the molecule is COC(=O)Nc1ccc(CNc2ncc(Br)cc2C)cc1. The van der Waals surface area contributed by atoms with E-state index in [0.29, 0.717) is 12.2 Å². The molecule has 0 unspecified atom stereocenters. The molecule has 0 aliphatic carbocycles. The molecule has 5 nitrogen and oxygen atoms in total. The molecule has 0 saturated carbocycles. The normalized spacial score (nSPS) is 10.0. The Kier molecular flexibility index (Phi) is 5.16. The summed E-state index contributed by atoms with van der Waals surface area (Å²) in [6.07, 6.45) is 1.29. The Morgan fingerprint density at radius 2 is 2.05 bits per heavy atom. The number of benzene rings is 1. The van der Waals surface area contributed by atoms with Crippen LogP contribution in [-0.4, -0.2) is 18.2 Å². The number of ether oxygens (including phenoxy) is 1. The fourth-order valence-corrected chi connectivity index (χ4v) is 2.23. The van der Waals surface area contributed by atoms with E-state index in [1.54, 1.807) is 6.20 Å². The van der Waals surface area contributed by atoms with Crippen molar-refractivity contribution in [2.45, 2.75) is 13.5 Å². The molecule has 0 atom stereocenters. The number of methoxy groups -OCH3 is 1. The Morgan fingerprint density at radius 1 is 1.33 bits per heavy atom. The summed E-state index contributed by atoms with van der Waals surface area (Å²) in [6.45, 7) is 2.66. The van der Waals surface area contributed by atoms with E-state index in [2.05, 4.69) is 36.3 Å². The zero-order valence-corrected chi connectivity index (χ0v) is 13.4. The number of amides is 1. The molecule has 1 amide bonds. The summed E-state index contributed by atoms with van der Waals surface area (Å²) in [4.78, 5) is 15.4. The maximum Gasteiger partial charge on any atom is 0.411 e. The van der Waals surface area contributed by atoms with Crippen molar-refractivity contribution in [3.05, 3.63) is 52.1 Å². The first kappa shape index (κ1) is 15.3. The summed E-state index contributed by atoms with van der Waals surface area (Å²) in [7, 11) is 1.33. The topological polar surface area (TPSA) is 63.2 Å². The molecule has 0 radical (unpaired) electrons. The van der Waals surface area contributed by atoms with Gasteiger partial charge >= 0.3 is 6.09 Å². The molecule has 6 heteroatoms. The fourth-order valence-electron chi connectivity index (χ4n) is 1.79. The van der Waals surface area contributed by atoms with Crippen molar-refractivity contribution in [2.75, 3.05) is 17.7 Å². The third kappa shape index (κ3) is 4.46. The molecular formula is C15H16BrN3O2. The van der Waals surface area contributed by atoms with Crippen LogP contribution in [0.2, 0.25) is 0 Å². The Labute approximate surface area is 131 Å². The number of carbonyl (C=O) groups excluding carboxylic acids is 1. The van der Waals surface area contributed by atoms with Crippen LogP contribution in [0.4, 0.5) is 16.3 Å². The average Bonchev–Trinajstić information content (AvgIpc) is 2.48. The van der Waals surface area contributed by atoms with Gasteiger partial charge < -0.3 is 10.1 Å². The predicted octanol–water partition coefficient (Wildman–Crippen LogP) is 3.94. The van der Waals surface area contributed by atoms with Gasteiger partial charge in [-0.2, -0.15) is 0 Å². The minimum atomic E-state index is -0.476. The molecule has 2 aromatic rings. The molecule has 21 heavy (non-hydrogen) atoms. The zero-order chi connectivity index (χ0) is 15.2. The zero-order valence-electron chi connectivity index (χ0n) is 11.8. The van der Waals surface area contributed by atoms with Crippen LogP contribution in [0.1, 0.15) is 11.1 Å². The molecule has 110 valence electrons. The van der Waals surface area contributed by atoms with Crippen LogP contribution in [-0.2, 0) is 11.3 Å². The summed E-state index contributed by atoms with van der Waals surface area (Å²) in [5, 5.41) is 5.89. The highest BCUT2D eigenvalue weighted by molar-refractivity contribution is 9.10. The van der Waals surface area contributed by atoms with Gasteiger partial charge in [0.1, 0.15) is 5.82 Å². The molecule has 0 spiro atoms. The Bertz CT molecular complexity index is 629. The highest BCUT2D eigenvalue weighted by Gasteiger charge is 2.02. The number of aromatic nitrogens is 1. The number of nitrogens with zero attached hydrogens (tertiary/aromatic N) is 1. The Balaban J connectivity index is 1.96. The minimum absolute atomic E-state index is 0.476. The lowest BCUT2D eigenvalue weighted by Crippen LogP contribution is -2.10. The second-order valence-electron chi connectivity index (χ2n) is 4.49. The number of halogens is 1. The highest BCUT2D eigenvalue weighted by atomic mass is 79.9. The second-order valence-corrected chi connectivity index (χ2v) is 5.40. The maximum absolute atomic E-state index is 11.1. The van der Waals surface area contributed by atoms with Crippen molar-refractivity contribution in [3.63, 3.8) is 0 Å². The van der Waals surface area contributed by atoms with Gasteiger partial charge in [0.25, 0.3) is 0 Å². The van der Waals surface area contributed by atoms with E-state index in [1.165, 1.54) is 7.11 Å². The number of rotatable bonds is 4. The van der Waals surface area contributed by atoms with E-state index >= 15 is 0 Å². The van der Waals surface area contributed by atoms with E-state index in [9.17, 15) is 4.79 Å². The van der Waals surface area contributed by atoms with Crippen molar-refractivity contribution >= 4 is 33.5 Å². The summed E-state index contributed by atoms with van der Waals surface area (Å²) in [5.74, 6) is 0.856. The van der Waals surface area contributed by atoms with Crippen molar-refractivity contribution < 1.29 is 9.53 Å². The third-order valence-corrected chi connectivity index (χ3v) is 3.32. The first-order valence-electron chi connectivity index (χ1n) is 6.38. The lowest BCUT2D eigenvalue weighted by molar-refractivity contribution is 0.187. The van der Waals surface area contributed by atoms with E-state index in [1.807, 2.05) is 37.3 Å². The minimum Gasteiger partial charge on any atom is -0.453 e. The van der Waals surface area contributed by atoms with Gasteiger partial charge in [0, 0.05) is 22.9 Å². The van der Waals surface area contributed by atoms with Gasteiger partial charge in [0.05, 0.1) is 7.11 Å². The number of aryl methyl sites for hydroxylation is 1. The second kappa shape index (κ2) is 7.08. The monoisotopic (exact) mass is 349 g/mol. The molecule has 0 saturated heterocycles. The predicted molar refractivity (Wildman–Crippen MR) is 86.5 cm³/mol. The van der Waals surface area contributed by atoms with Gasteiger partial charge in [0.15, 0.2) is 0 Å². The quantitative estimate of drug-likeness (QED) is 0.877. The molecule has 0 bridgehead atoms. The van der Waals surface area contributed by atoms with Crippen LogP contribution < -0.4 is 10.6 Å². The Morgan fingerprint density at radius 3 is 2.67 bits per heavy atom. The van der Waals surface area contributed by atoms with Crippen molar-refractivity contribution in [3.8, 4) is 0 Å². The third-order valence-electron chi connectivity index (χ3n) is 2.89. The van der Waals surface area contributed by atoms with Crippen LogP contribution in [0.15, 0.2) is 41.0 Å². The first-order chi connectivity index (χ1) is 10.1. The van der Waals surface area contributed by atoms with E-state index in [-0.39, 0.29) is 0 Å². The molecule has 2 rings (SSSR count). The van der Waals surface area contributed by atoms with E-state index in [4.69, 9.17) is 0 Å². The Hall–Kier alpha value is -2.08. The summed E-state index contributed by atoms with van der Waals surface area (Å²) >= 11 is 3.39. The molecule has 0 aliphatic heterocycles. The number of anilines is 2. The van der Waals surface area contributed by atoms with Gasteiger partial charge in [-0.3, -0.25) is 5.32 Å². The number of carbonyl (C=O) groups is 1. The fraction of sp³-hybridized carbons (Fsp3) is 0.200. The van der Waals surface area contributed by atoms with Gasteiger partial charge in [-0.1, -0.05) is 12.1 Å². The number of nitrogens with one attached hydrogen (secondary N) is 2. The van der Waals surface area contributed by atoms with Gasteiger partial charge in [-0.25, -0.2) is 9.78 Å². The van der Waals surface area contributed by atoms with Crippen LogP contribution in [0.5, 0.6) is 0 Å². The van der Waals surface area contributed by atoms with Crippen molar-refractivity contribution in [2.24, 2.45) is 0 Å². The smallest absolute Gasteiger partial charge is 0.411 e. The highest BCUT2D eigenvalue weighted by Crippen LogP contribution is 2.18. The molecule has 2 N–H and O–H groups in total. The van der Waals surface area contributed by atoms with Gasteiger partial charge in [-0.05, 0) is 52.2 Å². The lowest BCUT2D eigenvalue weighted by atomic mass is 10.2. The molecule has 0 aliphatic rings. The largest absolute Gasteiger partial charge is 0.453 e. The number of hydrogen-bond donors (Lipinski definition) is 2. The standard InChI is InChI=1S/C15H16BrN3O2/c1-10-7-12(16)9-18-14(10)17-8-11-3-5-13(6-4-11)19-15(20)21-2/h3-7,9H,8H2,1-2H3,(H,17,18)(H,19,20). The molecule has 1 heterocycles. The van der Waals surface area contributed by atoms with E-state index < -0.39 is 6.09 Å². The number of hydrogen-bond acceptors (Lipinski definition) is 4. The summed E-state index contributed by atoms with van der Waals surface area (Å²) < 4.78 is 5.50. The van der Waals surface area contributed by atoms with Gasteiger partial charge in [0.2, 0.25) is 0 Å². The van der Waals surface area contributed by atoms with Crippen LogP contribution >= 0.6 is 15.9 Å². The summed E-state index contributed by atoms with van der Waals surface area (Å²) in [6, 6.07) is 9.54. The van der Waals surface area contributed by atoms with Gasteiger partial charge in [-0.15, -0.1) is 0 Å². The average molecular weight is 350 g/mol. The van der Waals surface area contributed by atoms with Crippen molar-refractivity contribution in [1.82, 2.24) is 4.98 Å². The van der Waals surface area contributed by atoms with E-state index in [0.717, 1.165) is 21.4 Å². The maximum atomic E-state index is 11.1. The van der Waals surface area contributed by atoms with Crippen LogP contribution in [0, 0.1) is 6.92 Å². The lowest BCUT2D eigenvalue weighted by Gasteiger charge is -2.09. The van der Waals surface area contributed by atoms with Crippen molar-refractivity contribution in [1.29, 1.82) is 0 Å². The first-order valence-corrected chi connectivity index (χ1v) is 7.17. The molecular weight excluding hydrogens is 334 g/mol. The molecule has 1 aromatic carbocycles. The molecule has 1 aromatic heterocycles. The van der Waals surface area contributed by atoms with Crippen LogP contribution in [0.3, 0.4) is 0 Å². The summed E-state index contributed by atoms with van der Waals surface area (Å²) in [5.41, 5.74) is 2.87. The number of pyridine rings is 1. The molecule has 0 fully saturated rings.